The Labute approximate surface area is 131 Å². The fraction of sp³-hybridized carbons (Fsp3) is 0.750. The van der Waals surface area contributed by atoms with E-state index in [-0.39, 0.29) is 28.3 Å². The molecule has 0 heterocycles. The zero-order valence-corrected chi connectivity index (χ0v) is 15.8. The molecule has 0 atom stereocenters. The van der Waals surface area contributed by atoms with Gasteiger partial charge in [0.1, 0.15) is 0 Å². The van der Waals surface area contributed by atoms with Crippen molar-refractivity contribution in [3.63, 3.8) is 0 Å². The molecule has 0 unspecified atom stereocenters. The van der Waals surface area contributed by atoms with Gasteiger partial charge in [0.2, 0.25) is 0 Å². The van der Waals surface area contributed by atoms with Crippen molar-refractivity contribution < 1.29 is 20.4 Å². The van der Waals surface area contributed by atoms with Crippen LogP contribution in [0.15, 0.2) is 25.3 Å². The molecular formula is C16H34PPd+. The smallest absolute Gasteiger partial charge is 0.0624 e. The predicted octanol–water partition coefficient (Wildman–Crippen LogP) is 5.95. The summed E-state index contributed by atoms with van der Waals surface area (Å²) in [5, 5.41) is 0. The molecule has 0 aliphatic rings. The van der Waals surface area contributed by atoms with E-state index >= 15 is 0 Å². The van der Waals surface area contributed by atoms with Gasteiger partial charge in [-0.05, 0) is 60.8 Å². The molecule has 0 aromatic heterocycles. The third-order valence-corrected chi connectivity index (χ3v) is 6.82. The van der Waals surface area contributed by atoms with Crippen molar-refractivity contribution in [3.05, 3.63) is 25.3 Å². The van der Waals surface area contributed by atoms with Gasteiger partial charge >= 0.3 is 0 Å². The van der Waals surface area contributed by atoms with Crippen LogP contribution in [-0.2, 0) is 20.4 Å². The molecule has 0 N–H and O–H groups in total. The third kappa shape index (κ3) is 14.6. The summed E-state index contributed by atoms with van der Waals surface area (Å²) in [6.45, 7) is 21.4. The third-order valence-electron chi connectivity index (χ3n) is 2.82. The van der Waals surface area contributed by atoms with Gasteiger partial charge in [0.05, 0.1) is 17.0 Å². The van der Waals surface area contributed by atoms with E-state index in [0.29, 0.717) is 0 Å². The van der Waals surface area contributed by atoms with Crippen LogP contribution < -0.4 is 0 Å². The van der Waals surface area contributed by atoms with Crippen LogP contribution in [0.1, 0.15) is 60.8 Å². The molecule has 0 aliphatic carbocycles. The minimum atomic E-state index is -0.0957. The Morgan fingerprint density at radius 3 is 1.17 bits per heavy atom. The maximum Gasteiger partial charge on any atom is 0.0624 e. The van der Waals surface area contributed by atoms with E-state index in [4.69, 9.17) is 0 Å². The van der Waals surface area contributed by atoms with E-state index in [2.05, 4.69) is 54.7 Å². The first-order valence-electron chi connectivity index (χ1n) is 6.96. The molecule has 0 aliphatic heterocycles. The van der Waals surface area contributed by atoms with E-state index < -0.39 is 0 Å². The van der Waals surface area contributed by atoms with Gasteiger partial charge in [-0.25, -0.2) is 0 Å². The summed E-state index contributed by atoms with van der Waals surface area (Å²) >= 11 is 0. The van der Waals surface area contributed by atoms with Crippen molar-refractivity contribution in [1.29, 1.82) is 0 Å². The standard InChI is InChI=1S/C9H21P.C7H12.Pd/c1-7(2)10(8(3)4)9(5)6;1-3-5-7-6-4-2;/h7-9H,1-6H3;3-4H,1-2,5-7H2;/p+1. The molecule has 2 heteroatoms. The predicted molar refractivity (Wildman–Crippen MR) is 88.0 cm³/mol. The van der Waals surface area contributed by atoms with Gasteiger partial charge in [-0.1, -0.05) is 12.2 Å². The second-order valence-corrected chi connectivity index (χ2v) is 9.94. The number of allylic oxidation sites excluding steroid dienone is 2. The summed E-state index contributed by atoms with van der Waals surface area (Å²) < 4.78 is 0. The van der Waals surface area contributed by atoms with E-state index in [0.717, 1.165) is 29.8 Å². The van der Waals surface area contributed by atoms with Crippen LogP contribution in [0.5, 0.6) is 0 Å². The molecule has 0 fully saturated rings. The first-order chi connectivity index (χ1) is 7.88. The molecule has 0 nitrogen and oxygen atoms in total. The van der Waals surface area contributed by atoms with Crippen molar-refractivity contribution in [3.8, 4) is 0 Å². The first kappa shape index (κ1) is 23.6. The van der Waals surface area contributed by atoms with Crippen LogP contribution in [0.25, 0.3) is 0 Å². The van der Waals surface area contributed by atoms with Crippen LogP contribution in [-0.4, -0.2) is 17.0 Å². The monoisotopic (exact) mass is 363 g/mol. The van der Waals surface area contributed by atoms with E-state index in [1.807, 2.05) is 12.2 Å². The minimum Gasteiger partial charge on any atom is -0.103 e. The number of unbranched alkanes of at least 4 members (excludes halogenated alkanes) is 2. The number of hydrogen-bond donors (Lipinski definition) is 0. The van der Waals surface area contributed by atoms with Crippen molar-refractivity contribution in [2.75, 3.05) is 0 Å². The quantitative estimate of drug-likeness (QED) is 0.227. The maximum atomic E-state index is 3.60. The second-order valence-electron chi connectivity index (χ2n) is 5.47. The Kier molecular flexibility index (Phi) is 20.5. The average Bonchev–Trinajstić information content (AvgIpc) is 2.17. The largest absolute Gasteiger partial charge is 0.103 e. The molecule has 0 bridgehead atoms. The maximum absolute atomic E-state index is 3.60. The number of hydrogen-bond acceptors (Lipinski definition) is 0. The molecule has 0 saturated heterocycles. The van der Waals surface area contributed by atoms with Crippen molar-refractivity contribution in [2.24, 2.45) is 0 Å². The van der Waals surface area contributed by atoms with E-state index in [9.17, 15) is 0 Å². The van der Waals surface area contributed by atoms with Crippen LogP contribution in [0.2, 0.25) is 0 Å². The van der Waals surface area contributed by atoms with Gasteiger partial charge in [-0.2, -0.15) is 0 Å². The average molecular weight is 364 g/mol. The molecule has 0 aromatic rings. The van der Waals surface area contributed by atoms with Gasteiger partial charge in [0.15, 0.2) is 0 Å². The number of rotatable bonds is 7. The second kappa shape index (κ2) is 15.6. The molecule has 0 amide bonds. The molecule has 0 spiro atoms. The molecule has 0 saturated carbocycles. The van der Waals surface area contributed by atoms with Gasteiger partial charge in [-0.3, -0.25) is 0 Å². The molecular weight excluding hydrogens is 330 g/mol. The van der Waals surface area contributed by atoms with Crippen molar-refractivity contribution in [2.45, 2.75) is 77.8 Å². The zero-order chi connectivity index (χ0) is 13.8. The van der Waals surface area contributed by atoms with Gasteiger partial charge in [0.25, 0.3) is 0 Å². The molecule has 112 valence electrons. The fourth-order valence-electron chi connectivity index (χ4n) is 2.41. The van der Waals surface area contributed by atoms with Crippen LogP contribution in [0.4, 0.5) is 0 Å². The normalized spacial score (nSPS) is 10.1. The van der Waals surface area contributed by atoms with Gasteiger partial charge in [-0.15, -0.1) is 13.2 Å². The summed E-state index contributed by atoms with van der Waals surface area (Å²) in [5.74, 6) is 0. The van der Waals surface area contributed by atoms with Crippen molar-refractivity contribution in [1.82, 2.24) is 0 Å². The molecule has 18 heavy (non-hydrogen) atoms. The van der Waals surface area contributed by atoms with Crippen LogP contribution in [0, 0.1) is 0 Å². The van der Waals surface area contributed by atoms with E-state index in [1.165, 1.54) is 6.42 Å². The van der Waals surface area contributed by atoms with Crippen molar-refractivity contribution >= 4 is 7.92 Å². The van der Waals surface area contributed by atoms with E-state index in [1.54, 1.807) is 0 Å². The fourth-order valence-corrected chi connectivity index (χ4v) is 6.41. The summed E-state index contributed by atoms with van der Waals surface area (Å²) in [4.78, 5) is 0. The first-order valence-corrected chi connectivity index (χ1v) is 8.70. The molecule has 0 radical (unpaired) electrons. The summed E-state index contributed by atoms with van der Waals surface area (Å²) in [6, 6.07) is 0. The molecule has 0 rings (SSSR count). The Hall–Kier alpha value is 0.572. The topological polar surface area (TPSA) is 0 Å². The van der Waals surface area contributed by atoms with Gasteiger partial charge in [0, 0.05) is 28.3 Å². The molecule has 0 aromatic carbocycles. The Morgan fingerprint density at radius 2 is 1.06 bits per heavy atom. The SMILES string of the molecule is C=CCCCC=C.CC(C)[PH+](C(C)C)C(C)C.[Pd]. The zero-order valence-electron chi connectivity index (χ0n) is 13.2. The minimum absolute atomic E-state index is 0. The Balaban J connectivity index is -0.000000251. The summed E-state index contributed by atoms with van der Waals surface area (Å²) in [6.07, 6.45) is 7.30. The van der Waals surface area contributed by atoms with Crippen LogP contribution in [0.3, 0.4) is 0 Å². The Morgan fingerprint density at radius 1 is 0.778 bits per heavy atom. The summed E-state index contributed by atoms with van der Waals surface area (Å²) in [7, 11) is -0.0957. The Bertz CT molecular complexity index is 159. The van der Waals surface area contributed by atoms with Crippen LogP contribution >= 0.6 is 7.92 Å². The summed E-state index contributed by atoms with van der Waals surface area (Å²) in [5.41, 5.74) is 2.81. The van der Waals surface area contributed by atoms with Gasteiger partial charge < -0.3 is 0 Å².